The molecule has 2 aromatic rings. The molecule has 128 valence electrons. The van der Waals surface area contributed by atoms with E-state index in [1.54, 1.807) is 0 Å². The molecule has 0 aliphatic carbocycles. The lowest BCUT2D eigenvalue weighted by atomic mass is 9.91. The smallest absolute Gasteiger partial charge is 0.119 e. The van der Waals surface area contributed by atoms with Crippen molar-refractivity contribution in [2.45, 2.75) is 46.0 Å². The molecule has 0 radical (unpaired) electrons. The fourth-order valence-corrected chi connectivity index (χ4v) is 2.88. The Morgan fingerprint density at radius 2 is 1.56 bits per heavy atom. The minimum absolute atomic E-state index is 0.463. The lowest BCUT2D eigenvalue weighted by molar-refractivity contribution is 0.306. The maximum Gasteiger partial charge on any atom is 0.119 e. The van der Waals surface area contributed by atoms with Crippen molar-refractivity contribution in [3.05, 3.63) is 53.1 Å². The van der Waals surface area contributed by atoms with Crippen LogP contribution < -0.4 is 4.74 Å². The molecule has 0 spiro atoms. The van der Waals surface area contributed by atoms with Gasteiger partial charge in [-0.1, -0.05) is 57.4 Å². The van der Waals surface area contributed by atoms with E-state index in [2.05, 4.69) is 26.0 Å². The molecule has 3 heteroatoms. The Balaban J connectivity index is 2.27. The molecule has 0 saturated carbocycles. The largest absolute Gasteiger partial charge is 0.494 e. The minimum atomic E-state index is 0.463. The van der Waals surface area contributed by atoms with Gasteiger partial charge in [0.1, 0.15) is 17.9 Å². The molecule has 0 fully saturated rings. The van der Waals surface area contributed by atoms with Gasteiger partial charge in [0.05, 0.1) is 17.7 Å². The Labute approximate surface area is 150 Å². The normalized spacial score (nSPS) is 10.1. The Bertz CT molecular complexity index is 779. The van der Waals surface area contributed by atoms with Gasteiger partial charge in [-0.3, -0.25) is 0 Å². The topological polar surface area (TPSA) is 56.8 Å². The summed E-state index contributed by atoms with van der Waals surface area (Å²) in [6.45, 7) is 4.96. The molecule has 3 nitrogen and oxygen atoms in total. The lowest BCUT2D eigenvalue weighted by Gasteiger charge is -2.11. The maximum atomic E-state index is 9.58. The number of hydrogen-bond donors (Lipinski definition) is 0. The number of rotatable bonds is 8. The van der Waals surface area contributed by atoms with Gasteiger partial charge < -0.3 is 4.74 Å². The second-order valence-corrected chi connectivity index (χ2v) is 6.08. The Hall–Kier alpha value is -2.78. The summed E-state index contributed by atoms with van der Waals surface area (Å²) in [4.78, 5) is 0. The van der Waals surface area contributed by atoms with Crippen LogP contribution in [0.25, 0.3) is 11.1 Å². The van der Waals surface area contributed by atoms with Crippen LogP contribution in [0.3, 0.4) is 0 Å². The van der Waals surface area contributed by atoms with Crippen LogP contribution in [0.1, 0.15) is 56.2 Å². The van der Waals surface area contributed by atoms with E-state index in [-0.39, 0.29) is 0 Å². The molecule has 0 atom stereocenters. The van der Waals surface area contributed by atoms with Crippen LogP contribution in [0.2, 0.25) is 0 Å². The van der Waals surface area contributed by atoms with Crippen LogP contribution in [0.5, 0.6) is 5.75 Å². The van der Waals surface area contributed by atoms with Gasteiger partial charge in [0, 0.05) is 5.56 Å². The van der Waals surface area contributed by atoms with E-state index in [1.807, 2.05) is 36.4 Å². The van der Waals surface area contributed by atoms with Gasteiger partial charge in [-0.2, -0.15) is 10.5 Å². The third-order valence-electron chi connectivity index (χ3n) is 4.22. The van der Waals surface area contributed by atoms with Crippen molar-refractivity contribution in [2.24, 2.45) is 0 Å². The van der Waals surface area contributed by atoms with E-state index >= 15 is 0 Å². The van der Waals surface area contributed by atoms with Crippen molar-refractivity contribution < 1.29 is 4.74 Å². The first-order valence-corrected chi connectivity index (χ1v) is 8.94. The summed E-state index contributed by atoms with van der Waals surface area (Å²) in [5.74, 6) is 0.835. The molecule has 2 aromatic carbocycles. The molecule has 0 N–H and O–H groups in total. The van der Waals surface area contributed by atoms with Gasteiger partial charge in [-0.15, -0.1) is 0 Å². The fraction of sp³-hybridized carbons (Fsp3) is 0.364. The molecular weight excluding hydrogens is 308 g/mol. The summed E-state index contributed by atoms with van der Waals surface area (Å²) in [5, 5.41) is 19.1. The van der Waals surface area contributed by atoms with Crippen LogP contribution in [-0.4, -0.2) is 6.61 Å². The minimum Gasteiger partial charge on any atom is -0.494 e. The number of aryl methyl sites for hydroxylation is 1. The van der Waals surface area contributed by atoms with Gasteiger partial charge in [-0.25, -0.2) is 0 Å². The highest BCUT2D eigenvalue weighted by molar-refractivity contribution is 5.75. The number of hydrogen-bond acceptors (Lipinski definition) is 3. The summed E-state index contributed by atoms with van der Waals surface area (Å²) >= 11 is 0. The van der Waals surface area contributed by atoms with E-state index in [1.165, 1.54) is 12.8 Å². The quantitative estimate of drug-likeness (QED) is 0.590. The van der Waals surface area contributed by atoms with Crippen molar-refractivity contribution in [2.75, 3.05) is 6.61 Å². The van der Waals surface area contributed by atoms with E-state index in [9.17, 15) is 10.5 Å². The van der Waals surface area contributed by atoms with Crippen molar-refractivity contribution in [1.82, 2.24) is 0 Å². The first kappa shape index (κ1) is 18.6. The van der Waals surface area contributed by atoms with Gasteiger partial charge in [0.2, 0.25) is 0 Å². The summed E-state index contributed by atoms with van der Waals surface area (Å²) in [6.07, 6.45) is 5.16. The molecule has 0 amide bonds. The molecule has 0 bridgehead atoms. The molecular formula is C22H24N2O. The second-order valence-electron chi connectivity index (χ2n) is 6.08. The molecule has 0 aliphatic heterocycles. The average molecular weight is 332 g/mol. The van der Waals surface area contributed by atoms with Crippen molar-refractivity contribution >= 4 is 0 Å². The predicted octanol–water partition coefficient (Wildman–Crippen LogP) is 5.62. The van der Waals surface area contributed by atoms with E-state index in [4.69, 9.17) is 4.74 Å². The maximum absolute atomic E-state index is 9.58. The van der Waals surface area contributed by atoms with Gasteiger partial charge in [0.15, 0.2) is 0 Å². The zero-order valence-corrected chi connectivity index (χ0v) is 15.0. The zero-order valence-electron chi connectivity index (χ0n) is 15.0. The van der Waals surface area contributed by atoms with Crippen LogP contribution in [0.4, 0.5) is 0 Å². The highest BCUT2D eigenvalue weighted by Gasteiger charge is 2.14. The van der Waals surface area contributed by atoms with Crippen molar-refractivity contribution in [1.29, 1.82) is 10.5 Å². The molecule has 0 heterocycles. The summed E-state index contributed by atoms with van der Waals surface area (Å²) in [7, 11) is 0. The highest BCUT2D eigenvalue weighted by Crippen LogP contribution is 2.29. The van der Waals surface area contributed by atoms with Crippen LogP contribution in [-0.2, 0) is 6.42 Å². The Morgan fingerprint density at radius 1 is 0.840 bits per heavy atom. The number of nitrogens with zero attached hydrogens (tertiary/aromatic N) is 2. The number of ether oxygens (including phenoxy) is 1. The summed E-state index contributed by atoms with van der Waals surface area (Å²) < 4.78 is 5.73. The summed E-state index contributed by atoms with van der Waals surface area (Å²) in [6, 6.07) is 16.1. The van der Waals surface area contributed by atoms with Crippen molar-refractivity contribution in [3.8, 4) is 29.0 Å². The lowest BCUT2D eigenvalue weighted by Crippen LogP contribution is -1.98. The molecule has 2 rings (SSSR count). The van der Waals surface area contributed by atoms with Crippen LogP contribution >= 0.6 is 0 Å². The summed E-state index contributed by atoms with van der Waals surface area (Å²) in [5.41, 5.74) is 3.64. The van der Waals surface area contributed by atoms with Crippen molar-refractivity contribution in [3.63, 3.8) is 0 Å². The molecule has 25 heavy (non-hydrogen) atoms. The van der Waals surface area contributed by atoms with E-state index in [0.717, 1.165) is 48.3 Å². The van der Waals surface area contributed by atoms with Crippen LogP contribution in [0, 0.1) is 22.7 Å². The van der Waals surface area contributed by atoms with Gasteiger partial charge >= 0.3 is 0 Å². The SMILES string of the molecule is CCCCCOc1ccc(-c2ccc(CCC)c(C#N)c2C#N)cc1. The monoisotopic (exact) mass is 332 g/mol. The van der Waals surface area contributed by atoms with Gasteiger partial charge in [-0.05, 0) is 36.1 Å². The van der Waals surface area contributed by atoms with E-state index in [0.29, 0.717) is 11.1 Å². The molecule has 0 aliphatic rings. The van der Waals surface area contributed by atoms with E-state index < -0.39 is 0 Å². The zero-order chi connectivity index (χ0) is 18.1. The first-order chi connectivity index (χ1) is 12.2. The second kappa shape index (κ2) is 9.50. The third kappa shape index (κ3) is 4.61. The third-order valence-corrected chi connectivity index (χ3v) is 4.22. The average Bonchev–Trinajstić information content (AvgIpc) is 2.65. The molecule has 0 saturated heterocycles. The molecule has 0 aromatic heterocycles. The number of nitriles is 2. The Kier molecular flexibility index (Phi) is 7.05. The molecule has 0 unspecified atom stereocenters. The first-order valence-electron chi connectivity index (χ1n) is 8.94. The predicted molar refractivity (Wildman–Crippen MR) is 100 cm³/mol. The number of unbranched alkanes of at least 4 members (excludes halogenated alkanes) is 2. The number of benzene rings is 2. The Morgan fingerprint density at radius 3 is 2.16 bits per heavy atom. The van der Waals surface area contributed by atoms with Gasteiger partial charge in [0.25, 0.3) is 0 Å². The van der Waals surface area contributed by atoms with Crippen LogP contribution in [0.15, 0.2) is 36.4 Å². The fourth-order valence-electron chi connectivity index (χ4n) is 2.88. The highest BCUT2D eigenvalue weighted by atomic mass is 16.5. The standard InChI is InChI=1S/C22H24N2O/c1-3-5-6-14-25-19-11-8-18(9-12-19)20-13-10-17(7-4-2)21(15-23)22(20)16-24/h8-13H,3-7,14H2,1-2H3.